The molecule has 0 bridgehead atoms. The van der Waals surface area contributed by atoms with E-state index in [4.69, 9.17) is 23.2 Å². The number of fused-ring (bicyclic) bond motifs is 1. The van der Waals surface area contributed by atoms with E-state index in [1.807, 2.05) is 6.07 Å². The van der Waals surface area contributed by atoms with Crippen LogP contribution in [0.4, 0.5) is 0 Å². The van der Waals surface area contributed by atoms with Gasteiger partial charge in [-0.05, 0) is 24.1 Å². The van der Waals surface area contributed by atoms with Crippen molar-refractivity contribution in [2.24, 2.45) is 0 Å². The standard InChI is InChI=1S/C12H11Cl2N/c1-2-8-3-4-9-6-10(7-13)12(14)15-11(9)5-8/h3-6H,2,7H2,1H3. The van der Waals surface area contributed by atoms with Crippen molar-refractivity contribution >= 4 is 34.1 Å². The number of halogens is 2. The largest absolute Gasteiger partial charge is 0.236 e. The Labute approximate surface area is 99.0 Å². The fourth-order valence-corrected chi connectivity index (χ4v) is 2.03. The molecule has 0 aliphatic heterocycles. The van der Waals surface area contributed by atoms with Crippen molar-refractivity contribution in [3.8, 4) is 0 Å². The minimum absolute atomic E-state index is 0.400. The van der Waals surface area contributed by atoms with E-state index in [0.29, 0.717) is 11.0 Å². The van der Waals surface area contributed by atoms with E-state index in [-0.39, 0.29) is 0 Å². The van der Waals surface area contributed by atoms with Crippen molar-refractivity contribution in [2.75, 3.05) is 0 Å². The monoisotopic (exact) mass is 239 g/mol. The molecule has 0 aliphatic rings. The predicted molar refractivity (Wildman–Crippen MR) is 65.7 cm³/mol. The van der Waals surface area contributed by atoms with Gasteiger partial charge in [-0.25, -0.2) is 4.98 Å². The molecule has 0 saturated carbocycles. The SMILES string of the molecule is CCc1ccc2cc(CCl)c(Cl)nc2c1. The lowest BCUT2D eigenvalue weighted by Gasteiger charge is -2.04. The third-order valence-electron chi connectivity index (χ3n) is 2.46. The first-order valence-electron chi connectivity index (χ1n) is 4.88. The number of hydrogen-bond acceptors (Lipinski definition) is 1. The molecular weight excluding hydrogens is 229 g/mol. The number of rotatable bonds is 2. The summed E-state index contributed by atoms with van der Waals surface area (Å²) in [6, 6.07) is 8.24. The summed E-state index contributed by atoms with van der Waals surface area (Å²) in [5.74, 6) is 0.400. The van der Waals surface area contributed by atoms with Crippen LogP contribution in [0.5, 0.6) is 0 Å². The molecule has 0 unspecified atom stereocenters. The zero-order valence-corrected chi connectivity index (χ0v) is 9.94. The van der Waals surface area contributed by atoms with E-state index in [0.717, 1.165) is 22.9 Å². The van der Waals surface area contributed by atoms with E-state index < -0.39 is 0 Å². The maximum Gasteiger partial charge on any atom is 0.134 e. The van der Waals surface area contributed by atoms with Gasteiger partial charge in [0, 0.05) is 10.9 Å². The van der Waals surface area contributed by atoms with Crippen molar-refractivity contribution < 1.29 is 0 Å². The van der Waals surface area contributed by atoms with Crippen LogP contribution in [0, 0.1) is 0 Å². The Balaban J connectivity index is 2.65. The minimum Gasteiger partial charge on any atom is -0.236 e. The topological polar surface area (TPSA) is 12.9 Å². The van der Waals surface area contributed by atoms with Gasteiger partial charge in [-0.15, -0.1) is 11.6 Å². The number of nitrogens with zero attached hydrogens (tertiary/aromatic N) is 1. The van der Waals surface area contributed by atoms with E-state index in [1.165, 1.54) is 5.56 Å². The van der Waals surface area contributed by atoms with Crippen molar-refractivity contribution in [1.29, 1.82) is 0 Å². The fourth-order valence-electron chi connectivity index (χ4n) is 1.55. The van der Waals surface area contributed by atoms with Gasteiger partial charge in [0.2, 0.25) is 0 Å². The summed E-state index contributed by atoms with van der Waals surface area (Å²) in [7, 11) is 0. The van der Waals surface area contributed by atoms with E-state index >= 15 is 0 Å². The summed E-state index contributed by atoms with van der Waals surface area (Å²) in [5, 5.41) is 1.60. The van der Waals surface area contributed by atoms with Crippen molar-refractivity contribution in [1.82, 2.24) is 4.98 Å². The van der Waals surface area contributed by atoms with Crippen LogP contribution in [0.15, 0.2) is 24.3 Å². The molecule has 3 heteroatoms. The lowest BCUT2D eigenvalue weighted by atomic mass is 10.1. The molecule has 0 amide bonds. The smallest absolute Gasteiger partial charge is 0.134 e. The van der Waals surface area contributed by atoms with Crippen LogP contribution in [0.3, 0.4) is 0 Å². The summed E-state index contributed by atoms with van der Waals surface area (Å²) in [5.41, 5.74) is 3.09. The summed E-state index contributed by atoms with van der Waals surface area (Å²) < 4.78 is 0. The summed E-state index contributed by atoms with van der Waals surface area (Å²) >= 11 is 11.8. The lowest BCUT2D eigenvalue weighted by Crippen LogP contribution is -1.88. The Bertz CT molecular complexity index is 494. The molecule has 1 heterocycles. The van der Waals surface area contributed by atoms with Gasteiger partial charge >= 0.3 is 0 Å². The molecular formula is C12H11Cl2N. The molecule has 0 aliphatic carbocycles. The highest BCUT2D eigenvalue weighted by atomic mass is 35.5. The maximum absolute atomic E-state index is 6.00. The molecule has 0 N–H and O–H groups in total. The number of benzene rings is 1. The molecule has 1 nitrogen and oxygen atoms in total. The quantitative estimate of drug-likeness (QED) is 0.566. The molecule has 78 valence electrons. The molecule has 0 atom stereocenters. The Morgan fingerprint density at radius 2 is 2.07 bits per heavy atom. The second kappa shape index (κ2) is 4.38. The first kappa shape index (κ1) is 10.7. The zero-order valence-electron chi connectivity index (χ0n) is 8.43. The maximum atomic E-state index is 6.00. The number of hydrogen-bond donors (Lipinski definition) is 0. The average molecular weight is 240 g/mol. The van der Waals surface area contributed by atoms with Gasteiger partial charge in [-0.1, -0.05) is 30.7 Å². The Morgan fingerprint density at radius 3 is 2.73 bits per heavy atom. The highest BCUT2D eigenvalue weighted by Crippen LogP contribution is 2.22. The van der Waals surface area contributed by atoms with Gasteiger partial charge in [0.15, 0.2) is 0 Å². The molecule has 0 saturated heterocycles. The first-order valence-corrected chi connectivity index (χ1v) is 5.80. The van der Waals surface area contributed by atoms with Gasteiger partial charge in [-0.3, -0.25) is 0 Å². The van der Waals surface area contributed by atoms with Crippen LogP contribution in [0.25, 0.3) is 10.9 Å². The van der Waals surface area contributed by atoms with Gasteiger partial charge in [0.25, 0.3) is 0 Å². The highest BCUT2D eigenvalue weighted by molar-refractivity contribution is 6.31. The van der Waals surface area contributed by atoms with Gasteiger partial charge in [0.05, 0.1) is 11.4 Å². The van der Waals surface area contributed by atoms with Gasteiger partial charge < -0.3 is 0 Å². The molecule has 15 heavy (non-hydrogen) atoms. The predicted octanol–water partition coefficient (Wildman–Crippen LogP) is 4.19. The number of aryl methyl sites for hydroxylation is 1. The molecule has 1 aromatic heterocycles. The van der Waals surface area contributed by atoms with Crippen molar-refractivity contribution in [3.05, 3.63) is 40.5 Å². The van der Waals surface area contributed by atoms with Crippen LogP contribution in [0.2, 0.25) is 5.15 Å². The second-order valence-electron chi connectivity index (χ2n) is 3.45. The summed E-state index contributed by atoms with van der Waals surface area (Å²) in [4.78, 5) is 4.34. The summed E-state index contributed by atoms with van der Waals surface area (Å²) in [6.45, 7) is 2.12. The third kappa shape index (κ3) is 2.09. The first-order chi connectivity index (χ1) is 7.24. The second-order valence-corrected chi connectivity index (χ2v) is 4.08. The number of aromatic nitrogens is 1. The van der Waals surface area contributed by atoms with Crippen LogP contribution in [0.1, 0.15) is 18.1 Å². The molecule has 0 radical (unpaired) electrons. The normalized spacial score (nSPS) is 10.9. The van der Waals surface area contributed by atoms with Crippen molar-refractivity contribution in [2.45, 2.75) is 19.2 Å². The lowest BCUT2D eigenvalue weighted by molar-refractivity contribution is 1.14. The third-order valence-corrected chi connectivity index (χ3v) is 3.08. The van der Waals surface area contributed by atoms with Crippen LogP contribution >= 0.6 is 23.2 Å². The van der Waals surface area contributed by atoms with Crippen LogP contribution in [-0.4, -0.2) is 4.98 Å². The Kier molecular flexibility index (Phi) is 3.13. The molecule has 2 aromatic rings. The Hall–Kier alpha value is -0.790. The average Bonchev–Trinajstić information content (AvgIpc) is 2.27. The van der Waals surface area contributed by atoms with Crippen LogP contribution in [-0.2, 0) is 12.3 Å². The molecule has 2 rings (SSSR count). The van der Waals surface area contributed by atoms with Crippen LogP contribution < -0.4 is 0 Å². The van der Waals surface area contributed by atoms with Crippen molar-refractivity contribution in [3.63, 3.8) is 0 Å². The Morgan fingerprint density at radius 1 is 1.27 bits per heavy atom. The number of pyridine rings is 1. The molecule has 0 spiro atoms. The van der Waals surface area contributed by atoms with E-state index in [9.17, 15) is 0 Å². The van der Waals surface area contributed by atoms with E-state index in [1.54, 1.807) is 0 Å². The minimum atomic E-state index is 0.400. The molecule has 0 fully saturated rings. The summed E-state index contributed by atoms with van der Waals surface area (Å²) in [6.07, 6.45) is 1.01. The molecule has 1 aromatic carbocycles. The van der Waals surface area contributed by atoms with E-state index in [2.05, 4.69) is 30.1 Å². The van der Waals surface area contributed by atoms with Gasteiger partial charge in [-0.2, -0.15) is 0 Å². The number of alkyl halides is 1. The van der Waals surface area contributed by atoms with Gasteiger partial charge in [0.1, 0.15) is 5.15 Å². The fraction of sp³-hybridized carbons (Fsp3) is 0.250. The highest BCUT2D eigenvalue weighted by Gasteiger charge is 2.04. The zero-order chi connectivity index (χ0) is 10.8.